The van der Waals surface area contributed by atoms with E-state index in [0.717, 1.165) is 25.8 Å². The van der Waals surface area contributed by atoms with Crippen molar-refractivity contribution in [2.45, 2.75) is 52.0 Å². The molecule has 0 spiro atoms. The minimum absolute atomic E-state index is 0.0839. The predicted octanol–water partition coefficient (Wildman–Crippen LogP) is 2.35. The van der Waals surface area contributed by atoms with Crippen LogP contribution in [0.25, 0.3) is 0 Å². The lowest BCUT2D eigenvalue weighted by Crippen LogP contribution is -2.56. The Morgan fingerprint density at radius 1 is 1.38 bits per heavy atom. The Balaban J connectivity index is 2.80. The van der Waals surface area contributed by atoms with Crippen molar-refractivity contribution < 1.29 is 9.53 Å². The Morgan fingerprint density at radius 3 is 2.38 bits per heavy atom. The summed E-state index contributed by atoms with van der Waals surface area (Å²) in [5.74, 6) is 1.10. The molecule has 2 atom stereocenters. The number of nitrogens with one attached hydrogen (secondary N) is 1. The average Bonchev–Trinajstić information content (AvgIpc) is 2.24. The number of methoxy groups -OCH3 is 1. The molecule has 94 valence electrons. The van der Waals surface area contributed by atoms with Crippen LogP contribution in [0.15, 0.2) is 0 Å². The standard InChI is InChI=1S/C13H25NO2/c1-5-6-14-13(12(15)16-4)8-10(2)7-11(3)9-13/h10-11,14H,5-9H2,1-4H3. The number of carbonyl (C=O) groups is 1. The number of ether oxygens (including phenoxy) is 1. The van der Waals surface area contributed by atoms with E-state index in [0.29, 0.717) is 11.8 Å². The summed E-state index contributed by atoms with van der Waals surface area (Å²) in [4.78, 5) is 12.0. The van der Waals surface area contributed by atoms with E-state index in [1.54, 1.807) is 0 Å². The third-order valence-electron chi connectivity index (χ3n) is 3.49. The van der Waals surface area contributed by atoms with Crippen LogP contribution in [0.4, 0.5) is 0 Å². The smallest absolute Gasteiger partial charge is 0.326 e. The average molecular weight is 227 g/mol. The molecule has 0 aliphatic heterocycles. The number of esters is 1. The van der Waals surface area contributed by atoms with Crippen LogP contribution in [0.5, 0.6) is 0 Å². The molecule has 0 saturated heterocycles. The maximum absolute atomic E-state index is 12.0. The fourth-order valence-corrected chi connectivity index (χ4v) is 3.07. The molecule has 0 bridgehead atoms. The topological polar surface area (TPSA) is 38.3 Å². The van der Waals surface area contributed by atoms with E-state index in [-0.39, 0.29) is 5.97 Å². The van der Waals surface area contributed by atoms with Crippen molar-refractivity contribution in [2.24, 2.45) is 11.8 Å². The fraction of sp³-hybridized carbons (Fsp3) is 0.923. The van der Waals surface area contributed by atoms with Gasteiger partial charge in [0.05, 0.1) is 7.11 Å². The minimum atomic E-state index is -0.429. The summed E-state index contributed by atoms with van der Waals surface area (Å²) in [5, 5.41) is 3.42. The molecule has 0 aromatic carbocycles. The van der Waals surface area contributed by atoms with E-state index < -0.39 is 5.54 Å². The van der Waals surface area contributed by atoms with Crippen LogP contribution < -0.4 is 5.32 Å². The van der Waals surface area contributed by atoms with Gasteiger partial charge in [0.2, 0.25) is 0 Å². The zero-order chi connectivity index (χ0) is 12.2. The first-order chi connectivity index (χ1) is 7.54. The minimum Gasteiger partial charge on any atom is -0.468 e. The second kappa shape index (κ2) is 5.67. The van der Waals surface area contributed by atoms with Crippen LogP contribution in [0.1, 0.15) is 46.5 Å². The van der Waals surface area contributed by atoms with Crippen molar-refractivity contribution in [1.29, 1.82) is 0 Å². The Labute approximate surface area is 98.9 Å². The van der Waals surface area contributed by atoms with Crippen LogP contribution in [-0.4, -0.2) is 25.2 Å². The molecule has 0 heterocycles. The molecule has 0 amide bonds. The zero-order valence-corrected chi connectivity index (χ0v) is 11.0. The molecule has 1 fully saturated rings. The number of rotatable bonds is 4. The van der Waals surface area contributed by atoms with E-state index in [9.17, 15) is 4.79 Å². The monoisotopic (exact) mass is 227 g/mol. The molecule has 0 aromatic rings. The highest BCUT2D eigenvalue weighted by Crippen LogP contribution is 2.36. The lowest BCUT2D eigenvalue weighted by Gasteiger charge is -2.41. The second-order valence-corrected chi connectivity index (χ2v) is 5.35. The summed E-state index contributed by atoms with van der Waals surface area (Å²) in [6.07, 6.45) is 4.07. The Bertz CT molecular complexity index is 230. The van der Waals surface area contributed by atoms with Gasteiger partial charge >= 0.3 is 5.97 Å². The zero-order valence-electron chi connectivity index (χ0n) is 11.0. The fourth-order valence-electron chi connectivity index (χ4n) is 3.07. The van der Waals surface area contributed by atoms with Crippen LogP contribution in [0, 0.1) is 11.8 Å². The summed E-state index contributed by atoms with van der Waals surface area (Å²) in [6.45, 7) is 7.45. The normalized spacial score (nSPS) is 34.8. The van der Waals surface area contributed by atoms with Crippen LogP contribution in [0.2, 0.25) is 0 Å². The predicted molar refractivity (Wildman–Crippen MR) is 65.2 cm³/mol. The molecular weight excluding hydrogens is 202 g/mol. The van der Waals surface area contributed by atoms with Gasteiger partial charge in [0, 0.05) is 0 Å². The van der Waals surface area contributed by atoms with Crippen LogP contribution in [0.3, 0.4) is 0 Å². The Hall–Kier alpha value is -0.570. The Morgan fingerprint density at radius 2 is 1.94 bits per heavy atom. The molecule has 2 unspecified atom stereocenters. The molecule has 1 aliphatic carbocycles. The maximum atomic E-state index is 12.0. The lowest BCUT2D eigenvalue weighted by atomic mass is 9.71. The van der Waals surface area contributed by atoms with Gasteiger partial charge in [-0.1, -0.05) is 20.8 Å². The van der Waals surface area contributed by atoms with Gasteiger partial charge in [-0.05, 0) is 44.1 Å². The summed E-state index contributed by atoms with van der Waals surface area (Å²) < 4.78 is 4.99. The molecule has 1 saturated carbocycles. The summed E-state index contributed by atoms with van der Waals surface area (Å²) >= 11 is 0. The van der Waals surface area contributed by atoms with Gasteiger partial charge in [-0.3, -0.25) is 4.79 Å². The molecule has 0 aromatic heterocycles. The van der Waals surface area contributed by atoms with Crippen LogP contribution >= 0.6 is 0 Å². The lowest BCUT2D eigenvalue weighted by molar-refractivity contribution is -0.151. The van der Waals surface area contributed by atoms with E-state index in [4.69, 9.17) is 4.74 Å². The molecule has 3 heteroatoms. The maximum Gasteiger partial charge on any atom is 0.326 e. The second-order valence-electron chi connectivity index (χ2n) is 5.35. The van der Waals surface area contributed by atoms with Gasteiger partial charge in [0.15, 0.2) is 0 Å². The summed E-state index contributed by atoms with van der Waals surface area (Å²) in [6, 6.07) is 0. The highest BCUT2D eigenvalue weighted by molar-refractivity contribution is 5.81. The molecule has 16 heavy (non-hydrogen) atoms. The van der Waals surface area contributed by atoms with Gasteiger partial charge in [0.1, 0.15) is 5.54 Å². The van der Waals surface area contributed by atoms with Crippen molar-refractivity contribution in [3.05, 3.63) is 0 Å². The van der Waals surface area contributed by atoms with Gasteiger partial charge in [-0.15, -0.1) is 0 Å². The van der Waals surface area contributed by atoms with E-state index in [1.807, 2.05) is 0 Å². The van der Waals surface area contributed by atoms with Gasteiger partial charge in [-0.25, -0.2) is 0 Å². The molecule has 3 nitrogen and oxygen atoms in total. The van der Waals surface area contributed by atoms with E-state index in [1.165, 1.54) is 13.5 Å². The van der Waals surface area contributed by atoms with Gasteiger partial charge in [0.25, 0.3) is 0 Å². The first kappa shape index (κ1) is 13.5. The van der Waals surface area contributed by atoms with Crippen molar-refractivity contribution in [1.82, 2.24) is 5.32 Å². The van der Waals surface area contributed by atoms with Crippen LogP contribution in [-0.2, 0) is 9.53 Å². The number of carbonyl (C=O) groups excluding carboxylic acids is 1. The highest BCUT2D eigenvalue weighted by atomic mass is 16.5. The van der Waals surface area contributed by atoms with Crippen molar-refractivity contribution >= 4 is 5.97 Å². The van der Waals surface area contributed by atoms with Crippen molar-refractivity contribution in [2.75, 3.05) is 13.7 Å². The van der Waals surface area contributed by atoms with Gasteiger partial charge in [-0.2, -0.15) is 0 Å². The molecule has 0 radical (unpaired) electrons. The first-order valence-corrected chi connectivity index (χ1v) is 6.37. The Kier molecular flexibility index (Phi) is 4.78. The largest absolute Gasteiger partial charge is 0.468 e. The highest BCUT2D eigenvalue weighted by Gasteiger charge is 2.44. The SMILES string of the molecule is CCCNC1(C(=O)OC)CC(C)CC(C)C1. The van der Waals surface area contributed by atoms with Gasteiger partial charge < -0.3 is 10.1 Å². The molecular formula is C13H25NO2. The molecule has 1 N–H and O–H groups in total. The quantitative estimate of drug-likeness (QED) is 0.749. The third-order valence-corrected chi connectivity index (χ3v) is 3.49. The number of hydrogen-bond acceptors (Lipinski definition) is 3. The summed E-state index contributed by atoms with van der Waals surface area (Å²) in [5.41, 5.74) is -0.429. The van der Waals surface area contributed by atoms with E-state index >= 15 is 0 Å². The number of hydrogen-bond donors (Lipinski definition) is 1. The van der Waals surface area contributed by atoms with Crippen molar-refractivity contribution in [3.8, 4) is 0 Å². The van der Waals surface area contributed by atoms with E-state index in [2.05, 4.69) is 26.1 Å². The van der Waals surface area contributed by atoms with Crippen molar-refractivity contribution in [3.63, 3.8) is 0 Å². The first-order valence-electron chi connectivity index (χ1n) is 6.37. The third kappa shape index (κ3) is 2.97. The molecule has 1 aliphatic rings. The molecule has 1 rings (SSSR count). The summed E-state index contributed by atoms with van der Waals surface area (Å²) in [7, 11) is 1.49.